The van der Waals surface area contributed by atoms with Crippen LogP contribution in [0, 0.1) is 12.1 Å². The average Bonchev–Trinajstić information content (AvgIpc) is 2.04. The standard InChI is InChI=1S/C7H6N4O/c1-5-2-9-7-6(10-5)3-8-4-11(7)12/h2-4H,1H3. The molecule has 0 bridgehead atoms. The first kappa shape index (κ1) is 6.90. The highest BCUT2D eigenvalue weighted by Crippen LogP contribution is 2.00. The number of hydrogen-bond acceptors (Lipinski definition) is 4. The van der Waals surface area contributed by atoms with Gasteiger partial charge in [-0.2, -0.15) is 0 Å². The smallest absolute Gasteiger partial charge is 0.291 e. The fourth-order valence-corrected chi connectivity index (χ4v) is 0.965. The van der Waals surface area contributed by atoms with E-state index in [0.29, 0.717) is 15.9 Å². The van der Waals surface area contributed by atoms with Gasteiger partial charge in [-0.3, -0.25) is 0 Å². The highest BCUT2D eigenvalue weighted by atomic mass is 16.5. The minimum Gasteiger partial charge on any atom is -0.740 e. The van der Waals surface area contributed by atoms with E-state index in [1.54, 1.807) is 6.20 Å². The van der Waals surface area contributed by atoms with Crippen molar-refractivity contribution in [3.05, 3.63) is 29.6 Å². The fraction of sp³-hybridized carbons (Fsp3) is 0.143. The Morgan fingerprint density at radius 1 is 1.42 bits per heavy atom. The van der Waals surface area contributed by atoms with Crippen molar-refractivity contribution in [3.63, 3.8) is 0 Å². The first-order chi connectivity index (χ1) is 5.77. The van der Waals surface area contributed by atoms with E-state index in [2.05, 4.69) is 15.0 Å². The molecule has 0 spiro atoms. The van der Waals surface area contributed by atoms with Gasteiger partial charge >= 0.3 is 0 Å². The van der Waals surface area contributed by atoms with E-state index in [9.17, 15) is 5.21 Å². The molecule has 2 aromatic heterocycles. The number of hydrogen-bond donors (Lipinski definition) is 0. The number of nitrogens with zero attached hydrogens (tertiary/aromatic N) is 4. The van der Waals surface area contributed by atoms with E-state index in [0.717, 1.165) is 12.0 Å². The van der Waals surface area contributed by atoms with E-state index in [4.69, 9.17) is 0 Å². The summed E-state index contributed by atoms with van der Waals surface area (Å²) >= 11 is 0. The Morgan fingerprint density at radius 3 is 3.08 bits per heavy atom. The summed E-state index contributed by atoms with van der Waals surface area (Å²) in [6, 6.07) is 0. The summed E-state index contributed by atoms with van der Waals surface area (Å²) in [6.45, 7) is 1.81. The van der Waals surface area contributed by atoms with E-state index in [1.807, 2.05) is 6.92 Å². The summed E-state index contributed by atoms with van der Waals surface area (Å²) in [4.78, 5) is 11.7. The van der Waals surface area contributed by atoms with Gasteiger partial charge in [-0.15, -0.1) is 9.97 Å². The maximum absolute atomic E-state index is 11.0. The molecule has 0 atom stereocenters. The first-order valence-electron chi connectivity index (χ1n) is 3.44. The molecular formula is C7H6N4O. The molecule has 0 aliphatic heterocycles. The SMILES string of the molecule is Cc1cnc2c(cnc[n+]2[O-])n1. The molecule has 12 heavy (non-hydrogen) atoms. The molecule has 0 saturated carbocycles. The van der Waals surface area contributed by atoms with Crippen LogP contribution in [0.1, 0.15) is 5.69 Å². The molecule has 2 aromatic rings. The highest BCUT2D eigenvalue weighted by molar-refractivity contribution is 5.64. The molecule has 0 aromatic carbocycles. The maximum atomic E-state index is 11.0. The molecule has 0 radical (unpaired) electrons. The molecular weight excluding hydrogens is 156 g/mol. The van der Waals surface area contributed by atoms with Gasteiger partial charge in [-0.25, -0.2) is 9.71 Å². The quantitative estimate of drug-likeness (QED) is 0.403. The zero-order chi connectivity index (χ0) is 8.55. The topological polar surface area (TPSA) is 65.6 Å². The zero-order valence-corrected chi connectivity index (χ0v) is 6.43. The molecule has 0 unspecified atom stereocenters. The van der Waals surface area contributed by atoms with E-state index in [1.165, 1.54) is 6.20 Å². The van der Waals surface area contributed by atoms with Gasteiger partial charge in [0.25, 0.3) is 5.65 Å². The molecule has 5 heteroatoms. The van der Waals surface area contributed by atoms with Gasteiger partial charge in [-0.1, -0.05) is 0 Å². The third-order valence-electron chi connectivity index (χ3n) is 1.48. The van der Waals surface area contributed by atoms with E-state index < -0.39 is 0 Å². The summed E-state index contributed by atoms with van der Waals surface area (Å²) in [5, 5.41) is 11.0. The number of rotatable bonds is 0. The summed E-state index contributed by atoms with van der Waals surface area (Å²) in [6.07, 6.45) is 4.23. The second-order valence-corrected chi connectivity index (χ2v) is 2.44. The van der Waals surface area contributed by atoms with Crippen LogP contribution in [0.3, 0.4) is 0 Å². The second kappa shape index (κ2) is 2.37. The summed E-state index contributed by atoms with van der Waals surface area (Å²) < 4.78 is 0.599. The number of fused-ring (bicyclic) bond motifs is 1. The molecule has 0 aliphatic carbocycles. The minimum absolute atomic E-state index is 0.301. The molecule has 0 aliphatic rings. The van der Waals surface area contributed by atoms with Crippen LogP contribution in [0.15, 0.2) is 18.7 Å². The Bertz CT molecular complexity index is 429. The number of aromatic nitrogens is 4. The lowest BCUT2D eigenvalue weighted by atomic mass is 10.4. The molecule has 0 fully saturated rings. The van der Waals surface area contributed by atoms with Gasteiger partial charge in [0, 0.05) is 0 Å². The maximum Gasteiger partial charge on any atom is 0.291 e. The van der Waals surface area contributed by atoms with Crippen molar-refractivity contribution in [2.75, 3.05) is 0 Å². The Labute approximate surface area is 68.3 Å². The lowest BCUT2D eigenvalue weighted by Crippen LogP contribution is -2.28. The van der Waals surface area contributed by atoms with Crippen molar-refractivity contribution < 1.29 is 4.73 Å². The van der Waals surface area contributed by atoms with Crippen LogP contribution < -0.4 is 4.73 Å². The van der Waals surface area contributed by atoms with Crippen LogP contribution in [0.25, 0.3) is 11.2 Å². The van der Waals surface area contributed by atoms with Crippen LogP contribution in [-0.4, -0.2) is 15.0 Å². The van der Waals surface area contributed by atoms with Gasteiger partial charge in [0.1, 0.15) is 12.4 Å². The summed E-state index contributed by atoms with van der Waals surface area (Å²) in [5.74, 6) is 0. The van der Waals surface area contributed by atoms with Crippen molar-refractivity contribution in [2.45, 2.75) is 6.92 Å². The largest absolute Gasteiger partial charge is 0.740 e. The first-order valence-corrected chi connectivity index (χ1v) is 3.44. The lowest BCUT2D eigenvalue weighted by Gasteiger charge is -2.01. The third kappa shape index (κ3) is 0.952. The molecule has 2 rings (SSSR count). The Balaban J connectivity index is 2.86. The Kier molecular flexibility index (Phi) is 1.36. The van der Waals surface area contributed by atoms with Gasteiger partial charge in [0.2, 0.25) is 6.33 Å². The monoisotopic (exact) mass is 162 g/mol. The molecule has 0 N–H and O–H groups in total. The molecule has 5 nitrogen and oxygen atoms in total. The van der Waals surface area contributed by atoms with Crippen LogP contribution in [0.4, 0.5) is 0 Å². The molecule has 0 amide bonds. The fourth-order valence-electron chi connectivity index (χ4n) is 0.965. The van der Waals surface area contributed by atoms with Crippen LogP contribution >= 0.6 is 0 Å². The van der Waals surface area contributed by atoms with Crippen LogP contribution in [-0.2, 0) is 0 Å². The van der Waals surface area contributed by atoms with Gasteiger partial charge < -0.3 is 5.21 Å². The summed E-state index contributed by atoms with van der Waals surface area (Å²) in [7, 11) is 0. The predicted octanol–water partition coefficient (Wildman–Crippen LogP) is -0.0334. The Morgan fingerprint density at radius 2 is 2.25 bits per heavy atom. The Hall–Kier alpha value is -1.78. The number of aryl methyl sites for hydroxylation is 1. The van der Waals surface area contributed by atoms with Crippen molar-refractivity contribution >= 4 is 11.2 Å². The van der Waals surface area contributed by atoms with Crippen LogP contribution in [0.5, 0.6) is 0 Å². The molecule has 0 saturated heterocycles. The highest BCUT2D eigenvalue weighted by Gasteiger charge is 2.03. The second-order valence-electron chi connectivity index (χ2n) is 2.44. The van der Waals surface area contributed by atoms with Crippen molar-refractivity contribution in [2.24, 2.45) is 0 Å². The third-order valence-corrected chi connectivity index (χ3v) is 1.48. The predicted molar refractivity (Wildman–Crippen MR) is 41.0 cm³/mol. The summed E-state index contributed by atoms with van der Waals surface area (Å²) in [5.41, 5.74) is 1.60. The normalized spacial score (nSPS) is 10.4. The molecule has 60 valence electrons. The van der Waals surface area contributed by atoms with Crippen LogP contribution in [0.2, 0.25) is 0 Å². The van der Waals surface area contributed by atoms with Crippen molar-refractivity contribution in [3.8, 4) is 0 Å². The van der Waals surface area contributed by atoms with E-state index in [-0.39, 0.29) is 0 Å². The van der Waals surface area contributed by atoms with Gasteiger partial charge in [-0.05, 0) is 6.92 Å². The van der Waals surface area contributed by atoms with Gasteiger partial charge in [0.15, 0.2) is 5.52 Å². The van der Waals surface area contributed by atoms with Crippen molar-refractivity contribution in [1.29, 1.82) is 0 Å². The van der Waals surface area contributed by atoms with Crippen molar-refractivity contribution in [1.82, 2.24) is 15.0 Å². The zero-order valence-electron chi connectivity index (χ0n) is 6.43. The lowest BCUT2D eigenvalue weighted by molar-refractivity contribution is -0.582. The van der Waals surface area contributed by atoms with Gasteiger partial charge in [0.05, 0.1) is 5.69 Å². The molecule has 2 heterocycles. The minimum atomic E-state index is 0.301. The van der Waals surface area contributed by atoms with E-state index >= 15 is 0 Å². The average molecular weight is 162 g/mol.